The van der Waals surface area contributed by atoms with Gasteiger partial charge >= 0.3 is 5.97 Å². The maximum Gasteiger partial charge on any atom is 0.354 e. The summed E-state index contributed by atoms with van der Waals surface area (Å²) in [5.74, 6) is -0.288. The number of hydrogen-bond acceptors (Lipinski definition) is 4. The Labute approximate surface area is 146 Å². The number of amides is 1. The van der Waals surface area contributed by atoms with Gasteiger partial charge < -0.3 is 14.7 Å². The lowest BCUT2D eigenvalue weighted by atomic mass is 10.1. The Morgan fingerprint density at radius 1 is 1.16 bits per heavy atom. The van der Waals surface area contributed by atoms with Gasteiger partial charge in [0.1, 0.15) is 17.1 Å². The zero-order chi connectivity index (χ0) is 18.0. The SMILES string of the molecule is COc1ccc(N(C(=O)c2cccc(C(=O)O)n2)C(C)C2CC2)cc1. The van der Waals surface area contributed by atoms with Crippen LogP contribution in [-0.4, -0.2) is 35.1 Å². The zero-order valence-electron chi connectivity index (χ0n) is 14.2. The third-order valence-corrected chi connectivity index (χ3v) is 4.47. The molecule has 1 heterocycles. The fraction of sp³-hybridized carbons (Fsp3) is 0.316. The Morgan fingerprint density at radius 3 is 2.36 bits per heavy atom. The van der Waals surface area contributed by atoms with Crippen LogP contribution in [0.3, 0.4) is 0 Å². The van der Waals surface area contributed by atoms with Gasteiger partial charge in [0, 0.05) is 11.7 Å². The zero-order valence-corrected chi connectivity index (χ0v) is 14.2. The molecule has 3 rings (SSSR count). The van der Waals surface area contributed by atoms with E-state index < -0.39 is 5.97 Å². The standard InChI is InChI=1S/C19H20N2O4/c1-12(13-6-7-13)21(14-8-10-15(25-2)11-9-14)18(22)16-4-3-5-17(20-16)19(23)24/h3-5,8-13H,6-7H2,1-2H3,(H,23,24). The van der Waals surface area contributed by atoms with Crippen molar-refractivity contribution in [2.24, 2.45) is 5.92 Å². The molecule has 6 heteroatoms. The summed E-state index contributed by atoms with van der Waals surface area (Å²) in [7, 11) is 1.59. The summed E-state index contributed by atoms with van der Waals surface area (Å²) in [5, 5.41) is 9.11. The minimum absolute atomic E-state index is 0.0104. The van der Waals surface area contributed by atoms with Crippen LogP contribution in [0, 0.1) is 5.92 Å². The molecule has 130 valence electrons. The number of ether oxygens (including phenoxy) is 1. The highest BCUT2D eigenvalue weighted by molar-refractivity contribution is 6.05. The van der Waals surface area contributed by atoms with E-state index in [0.717, 1.165) is 18.5 Å². The van der Waals surface area contributed by atoms with Crippen molar-refractivity contribution in [1.29, 1.82) is 0 Å². The van der Waals surface area contributed by atoms with Gasteiger partial charge in [-0.25, -0.2) is 9.78 Å². The summed E-state index contributed by atoms with van der Waals surface area (Å²) >= 11 is 0. The molecule has 2 aromatic rings. The van der Waals surface area contributed by atoms with Crippen LogP contribution in [0.2, 0.25) is 0 Å². The van der Waals surface area contributed by atoms with Gasteiger partial charge in [0.05, 0.1) is 7.11 Å². The smallest absolute Gasteiger partial charge is 0.354 e. The maximum atomic E-state index is 13.1. The molecule has 1 N–H and O–H groups in total. The van der Waals surface area contributed by atoms with Gasteiger partial charge in [0.15, 0.2) is 0 Å². The number of carbonyl (C=O) groups is 2. The summed E-state index contributed by atoms with van der Waals surface area (Å²) < 4.78 is 5.18. The number of benzene rings is 1. The lowest BCUT2D eigenvalue weighted by Gasteiger charge is -2.29. The number of aromatic nitrogens is 1. The van der Waals surface area contributed by atoms with Crippen molar-refractivity contribution in [1.82, 2.24) is 4.98 Å². The summed E-state index contributed by atoms with van der Waals surface area (Å²) in [6.07, 6.45) is 2.17. The normalized spacial score (nSPS) is 14.6. The molecule has 1 aliphatic rings. The van der Waals surface area contributed by atoms with Gasteiger partial charge in [-0.15, -0.1) is 0 Å². The van der Waals surface area contributed by atoms with E-state index in [4.69, 9.17) is 9.84 Å². The van der Waals surface area contributed by atoms with Crippen LogP contribution in [0.25, 0.3) is 0 Å². The van der Waals surface area contributed by atoms with E-state index in [-0.39, 0.29) is 23.3 Å². The molecule has 1 saturated carbocycles. The molecule has 25 heavy (non-hydrogen) atoms. The fourth-order valence-electron chi connectivity index (χ4n) is 2.87. The second kappa shape index (κ2) is 6.93. The number of carbonyl (C=O) groups excluding carboxylic acids is 1. The van der Waals surface area contributed by atoms with Crippen molar-refractivity contribution < 1.29 is 19.4 Å². The van der Waals surface area contributed by atoms with Gasteiger partial charge in [-0.05, 0) is 62.1 Å². The Bertz CT molecular complexity index is 784. The molecule has 0 bridgehead atoms. The third kappa shape index (κ3) is 3.63. The lowest BCUT2D eigenvalue weighted by molar-refractivity contribution is 0.0690. The minimum atomic E-state index is -1.15. The number of carboxylic acids is 1. The topological polar surface area (TPSA) is 79.7 Å². The molecule has 1 atom stereocenters. The second-order valence-electron chi connectivity index (χ2n) is 6.16. The van der Waals surface area contributed by atoms with Crippen LogP contribution < -0.4 is 9.64 Å². The lowest BCUT2D eigenvalue weighted by Crippen LogP contribution is -2.40. The molecule has 0 saturated heterocycles. The van der Waals surface area contributed by atoms with Gasteiger partial charge in [0.25, 0.3) is 5.91 Å². The Morgan fingerprint density at radius 2 is 1.80 bits per heavy atom. The predicted octanol–water partition coefficient (Wildman–Crippen LogP) is 3.23. The first-order valence-corrected chi connectivity index (χ1v) is 8.19. The van der Waals surface area contributed by atoms with Crippen LogP contribution in [0.5, 0.6) is 5.75 Å². The molecule has 0 radical (unpaired) electrons. The van der Waals surface area contributed by atoms with E-state index in [1.807, 2.05) is 19.1 Å². The van der Waals surface area contributed by atoms with Crippen molar-refractivity contribution in [2.75, 3.05) is 12.0 Å². The highest BCUT2D eigenvalue weighted by Gasteiger charge is 2.36. The number of carboxylic acid groups (broad SMARTS) is 1. The molecule has 1 fully saturated rings. The quantitative estimate of drug-likeness (QED) is 0.873. The number of nitrogens with zero attached hydrogens (tertiary/aromatic N) is 2. The molecule has 1 aliphatic carbocycles. The Kier molecular flexibility index (Phi) is 4.70. The number of anilines is 1. The maximum absolute atomic E-state index is 13.1. The van der Waals surface area contributed by atoms with E-state index in [9.17, 15) is 9.59 Å². The molecule has 1 aromatic heterocycles. The molecule has 1 unspecified atom stereocenters. The first kappa shape index (κ1) is 17.0. The van der Waals surface area contributed by atoms with Crippen molar-refractivity contribution in [3.63, 3.8) is 0 Å². The van der Waals surface area contributed by atoms with Gasteiger partial charge in [0.2, 0.25) is 0 Å². The van der Waals surface area contributed by atoms with Crippen LogP contribution in [0.15, 0.2) is 42.5 Å². The van der Waals surface area contributed by atoms with Crippen LogP contribution in [-0.2, 0) is 0 Å². The molecule has 1 amide bonds. The van der Waals surface area contributed by atoms with Crippen LogP contribution >= 0.6 is 0 Å². The van der Waals surface area contributed by atoms with Gasteiger partial charge in [-0.3, -0.25) is 4.79 Å². The number of pyridine rings is 1. The van der Waals surface area contributed by atoms with Crippen LogP contribution in [0.4, 0.5) is 5.69 Å². The van der Waals surface area contributed by atoms with E-state index in [2.05, 4.69) is 4.98 Å². The van der Waals surface area contributed by atoms with Gasteiger partial charge in [-0.1, -0.05) is 6.07 Å². The van der Waals surface area contributed by atoms with E-state index in [1.54, 1.807) is 30.2 Å². The predicted molar refractivity (Wildman–Crippen MR) is 93.2 cm³/mol. The summed E-state index contributed by atoms with van der Waals surface area (Å²) in [4.78, 5) is 29.9. The minimum Gasteiger partial charge on any atom is -0.497 e. The molecule has 1 aromatic carbocycles. The molecule has 0 spiro atoms. The van der Waals surface area contributed by atoms with Crippen molar-refractivity contribution in [3.05, 3.63) is 53.9 Å². The molecular formula is C19H20N2O4. The number of rotatable bonds is 6. The van der Waals surface area contributed by atoms with Gasteiger partial charge in [-0.2, -0.15) is 0 Å². The largest absolute Gasteiger partial charge is 0.497 e. The third-order valence-electron chi connectivity index (χ3n) is 4.47. The van der Waals surface area contributed by atoms with E-state index in [0.29, 0.717) is 11.7 Å². The summed E-state index contributed by atoms with van der Waals surface area (Å²) in [5.41, 5.74) is 0.732. The van der Waals surface area contributed by atoms with Crippen molar-refractivity contribution in [3.8, 4) is 5.75 Å². The summed E-state index contributed by atoms with van der Waals surface area (Å²) in [6, 6.07) is 11.7. The highest BCUT2D eigenvalue weighted by atomic mass is 16.5. The highest BCUT2D eigenvalue weighted by Crippen LogP contribution is 2.37. The molecule has 6 nitrogen and oxygen atoms in total. The molecule has 0 aliphatic heterocycles. The van der Waals surface area contributed by atoms with Crippen molar-refractivity contribution in [2.45, 2.75) is 25.8 Å². The Hall–Kier alpha value is -2.89. The number of methoxy groups -OCH3 is 1. The first-order chi connectivity index (χ1) is 12.0. The average Bonchev–Trinajstić information content (AvgIpc) is 3.47. The number of hydrogen-bond donors (Lipinski definition) is 1. The second-order valence-corrected chi connectivity index (χ2v) is 6.16. The Balaban J connectivity index is 1.97. The van der Waals surface area contributed by atoms with E-state index >= 15 is 0 Å². The first-order valence-electron chi connectivity index (χ1n) is 8.19. The fourth-order valence-corrected chi connectivity index (χ4v) is 2.87. The average molecular weight is 340 g/mol. The monoisotopic (exact) mass is 340 g/mol. The molecular weight excluding hydrogens is 320 g/mol. The van der Waals surface area contributed by atoms with Crippen molar-refractivity contribution >= 4 is 17.6 Å². The number of aromatic carboxylic acids is 1. The van der Waals surface area contributed by atoms with Crippen LogP contribution in [0.1, 0.15) is 40.7 Å². The van der Waals surface area contributed by atoms with E-state index in [1.165, 1.54) is 12.1 Å². The summed E-state index contributed by atoms with van der Waals surface area (Å²) in [6.45, 7) is 2.01.